The number of carbonyl (C=O) groups excluding carboxylic acids is 2. The molecule has 1 aromatic heterocycles. The van der Waals surface area contributed by atoms with Crippen LogP contribution in [-0.2, 0) is 16.0 Å². The largest absolute Gasteiger partial charge is 0.491 e. The van der Waals surface area contributed by atoms with Gasteiger partial charge in [0.05, 0.1) is 12.1 Å². The van der Waals surface area contributed by atoms with Gasteiger partial charge in [0.1, 0.15) is 18.9 Å². The minimum absolute atomic E-state index is 0.0235. The summed E-state index contributed by atoms with van der Waals surface area (Å²) in [6, 6.07) is 16.9. The molecule has 3 heterocycles. The van der Waals surface area contributed by atoms with E-state index in [1.54, 1.807) is 40.5 Å². The fraction of sp³-hybridized carbons (Fsp3) is 0.419. The molecule has 0 aliphatic carbocycles. The Kier molecular flexibility index (Phi) is 8.90. The molecule has 6 nitrogen and oxygen atoms in total. The molecule has 0 spiro atoms. The molecule has 0 saturated carbocycles. The Morgan fingerprint density at radius 1 is 1.18 bits per heavy atom. The minimum atomic E-state index is -0.219. The Bertz CT molecular complexity index is 1290. The molecule has 3 aromatic rings. The molecule has 0 bridgehead atoms. The highest BCUT2D eigenvalue weighted by Gasteiger charge is 2.34. The summed E-state index contributed by atoms with van der Waals surface area (Å²) in [6.45, 7) is 6.30. The molecule has 0 radical (unpaired) electrons. The van der Waals surface area contributed by atoms with E-state index in [4.69, 9.17) is 21.1 Å². The lowest BCUT2D eigenvalue weighted by atomic mass is 10.00. The van der Waals surface area contributed by atoms with Gasteiger partial charge in [-0.05, 0) is 78.1 Å². The molecule has 1 saturated heterocycles. The van der Waals surface area contributed by atoms with Gasteiger partial charge in [-0.1, -0.05) is 43.6 Å². The number of rotatable bonds is 9. The third kappa shape index (κ3) is 6.65. The van der Waals surface area contributed by atoms with Gasteiger partial charge in [-0.2, -0.15) is 0 Å². The number of ether oxygens (including phenoxy) is 2. The molecule has 5 rings (SSSR count). The number of fused-ring (bicyclic) bond motifs is 1. The molecule has 0 N–H and O–H groups in total. The second-order valence-corrected chi connectivity index (χ2v) is 12.0. The third-order valence-electron chi connectivity index (χ3n) is 7.50. The van der Waals surface area contributed by atoms with Gasteiger partial charge in [-0.3, -0.25) is 9.59 Å². The van der Waals surface area contributed by atoms with E-state index in [2.05, 4.69) is 37.4 Å². The number of hydrogen-bond acceptors (Lipinski definition) is 5. The van der Waals surface area contributed by atoms with Gasteiger partial charge in [0, 0.05) is 35.2 Å². The van der Waals surface area contributed by atoms with Gasteiger partial charge in [-0.15, -0.1) is 11.3 Å². The van der Waals surface area contributed by atoms with E-state index in [0.717, 1.165) is 30.6 Å². The fourth-order valence-electron chi connectivity index (χ4n) is 5.31. The van der Waals surface area contributed by atoms with Crippen LogP contribution in [0.2, 0.25) is 5.02 Å². The monoisotopic (exact) mass is 566 g/mol. The molecule has 206 valence electrons. The van der Waals surface area contributed by atoms with Crippen LogP contribution in [-0.4, -0.2) is 60.6 Å². The Morgan fingerprint density at radius 2 is 2.00 bits per heavy atom. The maximum Gasteiger partial charge on any atom is 0.254 e. The number of nitrogens with zero attached hydrogens (tertiary/aromatic N) is 2. The maximum absolute atomic E-state index is 13.9. The summed E-state index contributed by atoms with van der Waals surface area (Å²) in [5.41, 5.74) is 2.86. The number of halogens is 1. The summed E-state index contributed by atoms with van der Waals surface area (Å²) < 4.78 is 12.0. The van der Waals surface area contributed by atoms with Crippen molar-refractivity contribution in [3.05, 3.63) is 86.6 Å². The van der Waals surface area contributed by atoms with Gasteiger partial charge < -0.3 is 19.3 Å². The van der Waals surface area contributed by atoms with E-state index >= 15 is 0 Å². The fourth-order valence-corrected chi connectivity index (χ4v) is 6.43. The molecule has 2 unspecified atom stereocenters. The van der Waals surface area contributed by atoms with Crippen LogP contribution in [0.25, 0.3) is 0 Å². The average molecular weight is 567 g/mol. The maximum atomic E-state index is 13.9. The highest BCUT2D eigenvalue weighted by Crippen LogP contribution is 2.34. The number of hydrogen-bond donors (Lipinski definition) is 0. The molecule has 39 heavy (non-hydrogen) atoms. The van der Waals surface area contributed by atoms with Crippen molar-refractivity contribution in [2.75, 3.05) is 32.8 Å². The molecule has 2 aliphatic heterocycles. The lowest BCUT2D eigenvalue weighted by molar-refractivity contribution is -0.135. The lowest BCUT2D eigenvalue weighted by Gasteiger charge is -2.37. The normalized spacial score (nSPS) is 18.7. The Morgan fingerprint density at radius 3 is 2.72 bits per heavy atom. The van der Waals surface area contributed by atoms with Crippen LogP contribution in [0.4, 0.5) is 0 Å². The number of carbonyl (C=O) groups is 2. The first-order valence-electron chi connectivity index (χ1n) is 13.6. The number of benzene rings is 2. The first-order valence-corrected chi connectivity index (χ1v) is 14.9. The Hall–Kier alpha value is -2.87. The summed E-state index contributed by atoms with van der Waals surface area (Å²) >= 11 is 7.89. The van der Waals surface area contributed by atoms with E-state index in [1.165, 1.54) is 10.4 Å². The highest BCUT2D eigenvalue weighted by atomic mass is 35.5. The summed E-state index contributed by atoms with van der Waals surface area (Å²) in [6.07, 6.45) is 2.56. The van der Waals surface area contributed by atoms with E-state index in [0.29, 0.717) is 42.8 Å². The van der Waals surface area contributed by atoms with Crippen molar-refractivity contribution in [3.63, 3.8) is 0 Å². The zero-order chi connectivity index (χ0) is 27.4. The predicted octanol–water partition coefficient (Wildman–Crippen LogP) is 6.35. The van der Waals surface area contributed by atoms with E-state index < -0.39 is 0 Å². The van der Waals surface area contributed by atoms with Crippen LogP contribution in [0, 0.1) is 0 Å². The average Bonchev–Trinajstić information content (AvgIpc) is 3.63. The topological polar surface area (TPSA) is 59.1 Å². The predicted molar refractivity (Wildman–Crippen MR) is 155 cm³/mol. The van der Waals surface area contributed by atoms with Crippen LogP contribution in [0.5, 0.6) is 5.75 Å². The van der Waals surface area contributed by atoms with E-state index in [9.17, 15) is 9.59 Å². The molecule has 1 fully saturated rings. The summed E-state index contributed by atoms with van der Waals surface area (Å²) in [4.78, 5) is 32.2. The standard InChI is InChI=1S/C31H35ClN2O4S/c1-21(2)22-8-10-25(11-9-22)38-20-28-27-13-16-39-29(27)12-14-34(28)30(35)19-33(18-26-7-4-15-37-26)31(36)23-5-3-6-24(32)17-23/h3,5-6,8-11,13,16-17,21,26,28H,4,7,12,14-15,18-20H2,1-2H3. The smallest absolute Gasteiger partial charge is 0.254 e. The SMILES string of the molecule is CC(C)c1ccc(OCC2c3ccsc3CCN2C(=O)CN(CC2CCCO2)C(=O)c2cccc(Cl)c2)cc1. The first kappa shape index (κ1) is 27.7. The van der Waals surface area contributed by atoms with Gasteiger partial charge >= 0.3 is 0 Å². The summed E-state index contributed by atoms with van der Waals surface area (Å²) in [5.74, 6) is 0.924. The van der Waals surface area contributed by atoms with Crippen molar-refractivity contribution in [1.82, 2.24) is 9.80 Å². The zero-order valence-electron chi connectivity index (χ0n) is 22.5. The van der Waals surface area contributed by atoms with Gasteiger partial charge in [0.25, 0.3) is 5.91 Å². The molecular weight excluding hydrogens is 532 g/mol. The van der Waals surface area contributed by atoms with Crippen molar-refractivity contribution in [2.24, 2.45) is 0 Å². The molecule has 2 aliphatic rings. The molecule has 2 atom stereocenters. The summed E-state index contributed by atoms with van der Waals surface area (Å²) in [7, 11) is 0. The highest BCUT2D eigenvalue weighted by molar-refractivity contribution is 7.10. The van der Waals surface area contributed by atoms with E-state index in [-0.39, 0.29) is 30.5 Å². The van der Waals surface area contributed by atoms with Gasteiger partial charge in [-0.25, -0.2) is 0 Å². The Balaban J connectivity index is 1.34. The van der Waals surface area contributed by atoms with Crippen molar-refractivity contribution < 1.29 is 19.1 Å². The summed E-state index contributed by atoms with van der Waals surface area (Å²) in [5, 5.41) is 2.57. The first-order chi connectivity index (χ1) is 18.9. The minimum Gasteiger partial charge on any atom is -0.491 e. The number of thiophene rings is 1. The van der Waals surface area contributed by atoms with E-state index in [1.807, 2.05) is 17.0 Å². The van der Waals surface area contributed by atoms with Crippen molar-refractivity contribution in [3.8, 4) is 5.75 Å². The van der Waals surface area contributed by atoms with Crippen LogP contribution in [0.1, 0.15) is 65.0 Å². The number of amides is 2. The third-order valence-corrected chi connectivity index (χ3v) is 8.73. The van der Waals surface area contributed by atoms with Crippen molar-refractivity contribution in [1.29, 1.82) is 0 Å². The molecule has 8 heteroatoms. The van der Waals surface area contributed by atoms with Crippen LogP contribution in [0.3, 0.4) is 0 Å². The molecule has 2 aromatic carbocycles. The lowest BCUT2D eigenvalue weighted by Crippen LogP contribution is -2.49. The van der Waals surface area contributed by atoms with Gasteiger partial charge in [0.15, 0.2) is 0 Å². The molecule has 2 amide bonds. The van der Waals surface area contributed by atoms with Crippen LogP contribution in [0.15, 0.2) is 60.0 Å². The second-order valence-electron chi connectivity index (χ2n) is 10.5. The Labute approximate surface area is 239 Å². The van der Waals surface area contributed by atoms with Crippen LogP contribution < -0.4 is 4.74 Å². The van der Waals surface area contributed by atoms with Crippen molar-refractivity contribution in [2.45, 2.75) is 51.2 Å². The van der Waals surface area contributed by atoms with Crippen LogP contribution >= 0.6 is 22.9 Å². The molecular formula is C31H35ClN2O4S. The second kappa shape index (κ2) is 12.5. The quantitative estimate of drug-likeness (QED) is 0.303. The van der Waals surface area contributed by atoms with Crippen molar-refractivity contribution >= 4 is 34.8 Å². The zero-order valence-corrected chi connectivity index (χ0v) is 24.0. The van der Waals surface area contributed by atoms with Gasteiger partial charge in [0.2, 0.25) is 5.91 Å².